The molecule has 2 atom stereocenters. The number of likely N-dealkylation sites (tertiary alicyclic amines) is 1. The lowest BCUT2D eigenvalue weighted by Gasteiger charge is -2.40. The van der Waals surface area contributed by atoms with Crippen LogP contribution in [0, 0.1) is 5.92 Å². The van der Waals surface area contributed by atoms with Gasteiger partial charge in [0, 0.05) is 25.7 Å². The second-order valence-corrected chi connectivity index (χ2v) is 7.34. The molecule has 4 nitrogen and oxygen atoms in total. The van der Waals surface area contributed by atoms with Crippen LogP contribution in [0.25, 0.3) is 0 Å². The Morgan fingerprint density at radius 1 is 1.24 bits per heavy atom. The van der Waals surface area contributed by atoms with Crippen molar-refractivity contribution in [3.63, 3.8) is 0 Å². The molecule has 1 heterocycles. The Morgan fingerprint density at radius 2 is 1.88 bits per heavy atom. The maximum Gasteiger partial charge on any atom is 0.410 e. The molecule has 1 unspecified atom stereocenters. The Bertz CT molecular complexity index is 570. The van der Waals surface area contributed by atoms with Crippen LogP contribution in [0.15, 0.2) is 30.3 Å². The summed E-state index contributed by atoms with van der Waals surface area (Å²) in [6.45, 7) is 5.31. The number of rotatable bonds is 3. The summed E-state index contributed by atoms with van der Waals surface area (Å²) in [6, 6.07) is 8.57. The van der Waals surface area contributed by atoms with Gasteiger partial charge >= 0.3 is 12.3 Å². The molecule has 1 aromatic rings. The summed E-state index contributed by atoms with van der Waals surface area (Å²) in [5.74, 6) is -1.61. The van der Waals surface area contributed by atoms with Crippen LogP contribution in [0.2, 0.25) is 0 Å². The van der Waals surface area contributed by atoms with Gasteiger partial charge in [0.25, 0.3) is 0 Å². The predicted octanol–water partition coefficient (Wildman–Crippen LogP) is 3.96. The van der Waals surface area contributed by atoms with Crippen LogP contribution in [0.5, 0.6) is 0 Å². The van der Waals surface area contributed by atoms with Gasteiger partial charge in [0.2, 0.25) is 0 Å². The first kappa shape index (κ1) is 19.6. The van der Waals surface area contributed by atoms with Crippen molar-refractivity contribution in [2.45, 2.75) is 51.6 Å². The summed E-state index contributed by atoms with van der Waals surface area (Å²) in [5, 5.41) is 3.00. The molecule has 0 spiro atoms. The fourth-order valence-corrected chi connectivity index (χ4v) is 2.87. The van der Waals surface area contributed by atoms with Crippen LogP contribution in [-0.2, 0) is 11.3 Å². The minimum absolute atomic E-state index is 0.232. The molecule has 2 rings (SSSR count). The number of ether oxygens (including phenoxy) is 1. The first-order chi connectivity index (χ1) is 11.6. The molecule has 1 aromatic carbocycles. The highest BCUT2D eigenvalue weighted by molar-refractivity contribution is 5.68. The number of nitrogens with zero attached hydrogens (tertiary/aromatic N) is 1. The van der Waals surface area contributed by atoms with E-state index < -0.39 is 29.8 Å². The van der Waals surface area contributed by atoms with Gasteiger partial charge in [-0.05, 0) is 32.8 Å². The Morgan fingerprint density at radius 3 is 2.44 bits per heavy atom. The minimum atomic E-state index is -4.38. The van der Waals surface area contributed by atoms with Gasteiger partial charge in [-0.1, -0.05) is 30.3 Å². The number of amides is 1. The Kier molecular flexibility index (Phi) is 5.98. The molecular weight excluding hydrogens is 333 g/mol. The highest BCUT2D eigenvalue weighted by Crippen LogP contribution is 2.34. The van der Waals surface area contributed by atoms with E-state index in [1.54, 1.807) is 20.8 Å². The molecule has 0 aromatic heterocycles. The van der Waals surface area contributed by atoms with E-state index in [-0.39, 0.29) is 19.5 Å². The second kappa shape index (κ2) is 7.64. The van der Waals surface area contributed by atoms with E-state index in [0.29, 0.717) is 6.54 Å². The zero-order chi connectivity index (χ0) is 18.7. The fourth-order valence-electron chi connectivity index (χ4n) is 2.87. The molecule has 1 fully saturated rings. The second-order valence-electron chi connectivity index (χ2n) is 7.34. The third kappa shape index (κ3) is 5.92. The summed E-state index contributed by atoms with van der Waals surface area (Å²) >= 11 is 0. The van der Waals surface area contributed by atoms with Gasteiger partial charge in [0.05, 0.1) is 5.92 Å². The van der Waals surface area contributed by atoms with E-state index >= 15 is 0 Å². The van der Waals surface area contributed by atoms with Crippen molar-refractivity contribution in [3.05, 3.63) is 35.9 Å². The average Bonchev–Trinajstić information content (AvgIpc) is 2.51. The SMILES string of the molecule is CC(C)(C)OC(=O)N1CC[C@@H](NCc2ccccc2)C(C(F)(F)F)C1. The highest BCUT2D eigenvalue weighted by Gasteiger charge is 2.48. The minimum Gasteiger partial charge on any atom is -0.444 e. The lowest BCUT2D eigenvalue weighted by molar-refractivity contribution is -0.192. The predicted molar refractivity (Wildman–Crippen MR) is 89.0 cm³/mol. The van der Waals surface area contributed by atoms with Gasteiger partial charge in [-0.3, -0.25) is 0 Å². The van der Waals surface area contributed by atoms with Gasteiger partial charge in [-0.25, -0.2) is 4.79 Å². The first-order valence-electron chi connectivity index (χ1n) is 8.38. The number of benzene rings is 1. The number of nitrogens with one attached hydrogen (secondary N) is 1. The fraction of sp³-hybridized carbons (Fsp3) is 0.611. The standard InChI is InChI=1S/C18H25F3N2O2/c1-17(2,3)25-16(24)23-10-9-15(14(12-23)18(19,20)21)22-11-13-7-5-4-6-8-13/h4-8,14-15,22H,9-12H2,1-3H3/t14?,15-/m1/s1. The molecule has 0 radical (unpaired) electrons. The lowest BCUT2D eigenvalue weighted by atomic mass is 9.91. The largest absolute Gasteiger partial charge is 0.444 e. The quantitative estimate of drug-likeness (QED) is 0.889. The summed E-state index contributed by atoms with van der Waals surface area (Å²) in [5.41, 5.74) is 0.200. The molecule has 1 amide bonds. The maximum absolute atomic E-state index is 13.5. The van der Waals surface area contributed by atoms with Crippen LogP contribution < -0.4 is 5.32 Å². The summed E-state index contributed by atoms with van der Waals surface area (Å²) in [7, 11) is 0. The van der Waals surface area contributed by atoms with Crippen LogP contribution in [0.1, 0.15) is 32.8 Å². The zero-order valence-corrected chi connectivity index (χ0v) is 14.8. The molecule has 1 aliphatic rings. The van der Waals surface area contributed by atoms with Gasteiger partial charge < -0.3 is 15.0 Å². The van der Waals surface area contributed by atoms with Crippen LogP contribution in [0.4, 0.5) is 18.0 Å². The van der Waals surface area contributed by atoms with Crippen molar-refractivity contribution >= 4 is 6.09 Å². The third-order valence-corrected chi connectivity index (χ3v) is 4.10. The Hall–Kier alpha value is -1.76. The van der Waals surface area contributed by atoms with Crippen LogP contribution in [0.3, 0.4) is 0 Å². The molecule has 1 aliphatic heterocycles. The Labute approximate surface area is 146 Å². The number of hydrogen-bond acceptors (Lipinski definition) is 3. The van der Waals surface area contributed by atoms with Gasteiger partial charge in [-0.15, -0.1) is 0 Å². The zero-order valence-electron chi connectivity index (χ0n) is 14.8. The molecule has 1 saturated heterocycles. The smallest absolute Gasteiger partial charge is 0.410 e. The van der Waals surface area contributed by atoms with Crippen molar-refractivity contribution in [2.75, 3.05) is 13.1 Å². The molecule has 1 N–H and O–H groups in total. The van der Waals surface area contributed by atoms with Crippen LogP contribution >= 0.6 is 0 Å². The van der Waals surface area contributed by atoms with E-state index in [4.69, 9.17) is 4.74 Å². The number of halogens is 3. The van der Waals surface area contributed by atoms with Gasteiger partial charge in [0.1, 0.15) is 5.60 Å². The molecule has 140 valence electrons. The van der Waals surface area contributed by atoms with Crippen molar-refractivity contribution in [2.24, 2.45) is 5.92 Å². The normalized spacial score (nSPS) is 21.9. The van der Waals surface area contributed by atoms with Gasteiger partial charge in [0.15, 0.2) is 0 Å². The summed E-state index contributed by atoms with van der Waals surface area (Å²) < 4.78 is 45.6. The van der Waals surface area contributed by atoms with Gasteiger partial charge in [-0.2, -0.15) is 13.2 Å². The van der Waals surface area contributed by atoms with Crippen molar-refractivity contribution < 1.29 is 22.7 Å². The third-order valence-electron chi connectivity index (χ3n) is 4.10. The van der Waals surface area contributed by atoms with E-state index in [9.17, 15) is 18.0 Å². The number of carbonyl (C=O) groups excluding carboxylic acids is 1. The Balaban J connectivity index is 2.01. The van der Waals surface area contributed by atoms with E-state index in [1.807, 2.05) is 30.3 Å². The average molecular weight is 358 g/mol. The van der Waals surface area contributed by atoms with Crippen LogP contribution in [-0.4, -0.2) is 41.9 Å². The first-order valence-corrected chi connectivity index (χ1v) is 8.38. The highest BCUT2D eigenvalue weighted by atomic mass is 19.4. The maximum atomic E-state index is 13.5. The number of piperidine rings is 1. The van der Waals surface area contributed by atoms with E-state index in [2.05, 4.69) is 5.32 Å². The monoisotopic (exact) mass is 358 g/mol. The molecular formula is C18H25F3N2O2. The van der Waals surface area contributed by atoms with Crippen molar-refractivity contribution in [1.82, 2.24) is 10.2 Å². The summed E-state index contributed by atoms with van der Waals surface area (Å²) in [4.78, 5) is 13.2. The topological polar surface area (TPSA) is 41.6 Å². The lowest BCUT2D eigenvalue weighted by Crippen LogP contribution is -2.56. The number of carbonyl (C=O) groups is 1. The summed E-state index contributed by atoms with van der Waals surface area (Å²) in [6.07, 6.45) is -4.84. The van der Waals surface area contributed by atoms with Crippen molar-refractivity contribution in [1.29, 1.82) is 0 Å². The molecule has 25 heavy (non-hydrogen) atoms. The molecule has 0 saturated carbocycles. The number of hydrogen-bond donors (Lipinski definition) is 1. The number of alkyl halides is 3. The molecule has 0 bridgehead atoms. The molecule has 0 aliphatic carbocycles. The van der Waals surface area contributed by atoms with E-state index in [1.165, 1.54) is 0 Å². The van der Waals surface area contributed by atoms with E-state index in [0.717, 1.165) is 10.5 Å². The van der Waals surface area contributed by atoms with Crippen molar-refractivity contribution in [3.8, 4) is 0 Å². The molecule has 7 heteroatoms.